The third-order valence-electron chi connectivity index (χ3n) is 3.37. The Morgan fingerprint density at radius 1 is 1.25 bits per heavy atom. The number of rotatable bonds is 6. The zero-order chi connectivity index (χ0) is 14.5. The van der Waals surface area contributed by atoms with E-state index < -0.39 is 0 Å². The number of halogens is 1. The lowest BCUT2D eigenvalue weighted by molar-refractivity contribution is 0.294. The largest absolute Gasteiger partial charge is 0.354 e. The van der Waals surface area contributed by atoms with Crippen LogP contribution < -0.4 is 10.2 Å². The molecule has 1 unspecified atom stereocenters. The van der Waals surface area contributed by atoms with Gasteiger partial charge in [0.05, 0.1) is 0 Å². The molecule has 7 heteroatoms. The summed E-state index contributed by atoms with van der Waals surface area (Å²) in [5.41, 5.74) is 0. The lowest BCUT2D eigenvalue weighted by Gasteiger charge is -2.20. The van der Waals surface area contributed by atoms with Crippen molar-refractivity contribution in [3.05, 3.63) is 5.28 Å². The van der Waals surface area contributed by atoms with E-state index in [9.17, 15) is 0 Å². The van der Waals surface area contributed by atoms with Crippen LogP contribution in [0.1, 0.15) is 19.8 Å². The molecule has 0 spiro atoms. The van der Waals surface area contributed by atoms with E-state index in [0.717, 1.165) is 13.1 Å². The Kier molecular flexibility index (Phi) is 5.37. The van der Waals surface area contributed by atoms with Gasteiger partial charge in [-0.05, 0) is 43.5 Å². The summed E-state index contributed by atoms with van der Waals surface area (Å²) >= 11 is 5.91. The average Bonchev–Trinajstić information content (AvgIpc) is 2.88. The first-order chi connectivity index (χ1) is 9.54. The van der Waals surface area contributed by atoms with Gasteiger partial charge in [0, 0.05) is 27.2 Å². The van der Waals surface area contributed by atoms with Gasteiger partial charge in [0.2, 0.25) is 17.2 Å². The van der Waals surface area contributed by atoms with E-state index >= 15 is 0 Å². The molecule has 1 fully saturated rings. The summed E-state index contributed by atoms with van der Waals surface area (Å²) in [5.74, 6) is 1.66. The molecular formula is C13H23ClN6. The second-order valence-corrected chi connectivity index (χ2v) is 5.95. The van der Waals surface area contributed by atoms with Crippen molar-refractivity contribution in [3.8, 4) is 0 Å². The average molecular weight is 299 g/mol. The summed E-state index contributed by atoms with van der Waals surface area (Å²) in [6.07, 6.45) is 2.66. The Bertz CT molecular complexity index is 433. The van der Waals surface area contributed by atoms with Crippen molar-refractivity contribution in [2.45, 2.75) is 19.8 Å². The van der Waals surface area contributed by atoms with Gasteiger partial charge >= 0.3 is 0 Å². The van der Waals surface area contributed by atoms with E-state index in [1.807, 2.05) is 19.0 Å². The van der Waals surface area contributed by atoms with Gasteiger partial charge in [0.15, 0.2) is 0 Å². The SMILES string of the molecule is CC(CNc1nc(Cl)nc(N(C)C)n1)CN1CCCC1. The van der Waals surface area contributed by atoms with E-state index in [0.29, 0.717) is 17.8 Å². The van der Waals surface area contributed by atoms with E-state index in [-0.39, 0.29) is 5.28 Å². The van der Waals surface area contributed by atoms with Crippen molar-refractivity contribution in [3.63, 3.8) is 0 Å². The second kappa shape index (κ2) is 7.04. The predicted molar refractivity (Wildman–Crippen MR) is 82.5 cm³/mol. The fraction of sp³-hybridized carbons (Fsp3) is 0.769. The Labute approximate surface area is 125 Å². The summed E-state index contributed by atoms with van der Waals surface area (Å²) in [6.45, 7) is 6.65. The molecule has 1 N–H and O–H groups in total. The molecule has 0 radical (unpaired) electrons. The van der Waals surface area contributed by atoms with Gasteiger partial charge in [0.1, 0.15) is 0 Å². The highest BCUT2D eigenvalue weighted by Gasteiger charge is 2.15. The topological polar surface area (TPSA) is 57.2 Å². The Balaban J connectivity index is 1.86. The molecule has 0 saturated carbocycles. The second-order valence-electron chi connectivity index (χ2n) is 5.62. The predicted octanol–water partition coefficient (Wildman–Crippen LogP) is 1.73. The fourth-order valence-electron chi connectivity index (χ4n) is 2.35. The summed E-state index contributed by atoms with van der Waals surface area (Å²) in [7, 11) is 3.76. The molecule has 2 heterocycles. The molecular weight excluding hydrogens is 276 g/mol. The molecule has 0 aliphatic carbocycles. The van der Waals surface area contributed by atoms with Crippen LogP contribution in [0.25, 0.3) is 0 Å². The van der Waals surface area contributed by atoms with E-state index in [1.54, 1.807) is 0 Å². The van der Waals surface area contributed by atoms with Crippen LogP contribution >= 0.6 is 11.6 Å². The van der Waals surface area contributed by atoms with Gasteiger partial charge < -0.3 is 15.1 Å². The third-order valence-corrected chi connectivity index (χ3v) is 3.54. The smallest absolute Gasteiger partial charge is 0.230 e. The molecule has 0 amide bonds. The highest BCUT2D eigenvalue weighted by Crippen LogP contribution is 2.13. The van der Waals surface area contributed by atoms with Crippen LogP contribution in [0.15, 0.2) is 0 Å². The third kappa shape index (κ3) is 4.45. The maximum Gasteiger partial charge on any atom is 0.230 e. The molecule has 1 aliphatic heterocycles. The van der Waals surface area contributed by atoms with Gasteiger partial charge in [-0.3, -0.25) is 0 Å². The lowest BCUT2D eigenvalue weighted by Crippen LogP contribution is -2.29. The van der Waals surface area contributed by atoms with Gasteiger partial charge in [0.25, 0.3) is 0 Å². The number of nitrogens with one attached hydrogen (secondary N) is 1. The van der Waals surface area contributed by atoms with Gasteiger partial charge in [-0.25, -0.2) is 0 Å². The van der Waals surface area contributed by atoms with Gasteiger partial charge in [-0.1, -0.05) is 6.92 Å². The molecule has 1 atom stereocenters. The molecule has 1 saturated heterocycles. The molecule has 0 bridgehead atoms. The van der Waals surface area contributed by atoms with Crippen LogP contribution in [0.4, 0.5) is 11.9 Å². The van der Waals surface area contributed by atoms with Crippen LogP contribution in [0.2, 0.25) is 5.28 Å². The first-order valence-corrected chi connectivity index (χ1v) is 7.47. The van der Waals surface area contributed by atoms with Crippen LogP contribution in [-0.2, 0) is 0 Å². The standard InChI is InChI=1S/C13H23ClN6/c1-10(9-20-6-4-5-7-20)8-15-12-16-11(14)17-13(18-12)19(2)3/h10H,4-9H2,1-3H3,(H,15,16,17,18). The van der Waals surface area contributed by atoms with Gasteiger partial charge in [-0.2, -0.15) is 15.0 Å². The molecule has 112 valence electrons. The Morgan fingerprint density at radius 2 is 1.95 bits per heavy atom. The number of likely N-dealkylation sites (tertiary alicyclic amines) is 1. The summed E-state index contributed by atoms with van der Waals surface area (Å²) in [6, 6.07) is 0. The lowest BCUT2D eigenvalue weighted by atomic mass is 10.1. The van der Waals surface area contributed by atoms with Crippen molar-refractivity contribution in [1.82, 2.24) is 19.9 Å². The summed E-state index contributed by atoms with van der Waals surface area (Å²) in [4.78, 5) is 16.8. The number of anilines is 2. The maximum atomic E-state index is 5.91. The maximum absolute atomic E-state index is 5.91. The van der Waals surface area contributed by atoms with Crippen molar-refractivity contribution >= 4 is 23.5 Å². The normalized spacial score (nSPS) is 17.2. The van der Waals surface area contributed by atoms with Crippen LogP contribution in [-0.4, -0.2) is 60.1 Å². The first kappa shape index (κ1) is 15.3. The van der Waals surface area contributed by atoms with Crippen LogP contribution in [0.5, 0.6) is 0 Å². The Hall–Kier alpha value is -1.14. The number of aromatic nitrogens is 3. The van der Waals surface area contributed by atoms with Crippen LogP contribution in [0.3, 0.4) is 0 Å². The van der Waals surface area contributed by atoms with E-state index in [2.05, 4.69) is 32.1 Å². The molecule has 2 rings (SSSR count). The van der Waals surface area contributed by atoms with Crippen molar-refractivity contribution < 1.29 is 0 Å². The summed E-state index contributed by atoms with van der Waals surface area (Å²) < 4.78 is 0. The van der Waals surface area contributed by atoms with E-state index in [4.69, 9.17) is 11.6 Å². The zero-order valence-electron chi connectivity index (χ0n) is 12.4. The fourth-order valence-corrected chi connectivity index (χ4v) is 2.51. The van der Waals surface area contributed by atoms with Crippen LogP contribution in [0, 0.1) is 5.92 Å². The molecule has 20 heavy (non-hydrogen) atoms. The highest BCUT2D eigenvalue weighted by molar-refractivity contribution is 6.28. The minimum atomic E-state index is 0.221. The van der Waals surface area contributed by atoms with Crippen molar-refractivity contribution in [2.24, 2.45) is 5.92 Å². The quantitative estimate of drug-likeness (QED) is 0.863. The van der Waals surface area contributed by atoms with Gasteiger partial charge in [-0.15, -0.1) is 0 Å². The molecule has 1 aromatic rings. The highest BCUT2D eigenvalue weighted by atomic mass is 35.5. The Morgan fingerprint density at radius 3 is 2.60 bits per heavy atom. The molecule has 1 aromatic heterocycles. The molecule has 6 nitrogen and oxygen atoms in total. The molecule has 1 aliphatic rings. The van der Waals surface area contributed by atoms with Crippen molar-refractivity contribution in [1.29, 1.82) is 0 Å². The summed E-state index contributed by atoms with van der Waals surface area (Å²) in [5, 5.41) is 3.48. The van der Waals surface area contributed by atoms with E-state index in [1.165, 1.54) is 25.9 Å². The minimum Gasteiger partial charge on any atom is -0.354 e. The number of nitrogens with zero attached hydrogens (tertiary/aromatic N) is 5. The monoisotopic (exact) mass is 298 g/mol. The molecule has 0 aromatic carbocycles. The van der Waals surface area contributed by atoms with Crippen molar-refractivity contribution in [2.75, 3.05) is 50.5 Å². The number of hydrogen-bond donors (Lipinski definition) is 1. The zero-order valence-corrected chi connectivity index (χ0v) is 13.2. The first-order valence-electron chi connectivity index (χ1n) is 7.09. The minimum absolute atomic E-state index is 0.221. The number of hydrogen-bond acceptors (Lipinski definition) is 6.